The van der Waals surface area contributed by atoms with Crippen LogP contribution in [0.2, 0.25) is 5.02 Å². The Labute approximate surface area is 77.7 Å². The second kappa shape index (κ2) is 3.81. The zero-order valence-electron chi connectivity index (χ0n) is 7.69. The molecule has 0 atom stereocenters. The molecular formula is C8H14ClN3. The number of hydrogen-bond donors (Lipinski definition) is 1. The highest BCUT2D eigenvalue weighted by Gasteiger charge is 2.10. The SMILES string of the molecule is CCCn1nc(C)c(Cl)c1NC. The minimum Gasteiger partial charge on any atom is -0.372 e. The van der Waals surface area contributed by atoms with Crippen molar-refractivity contribution >= 4 is 17.4 Å². The van der Waals surface area contributed by atoms with Gasteiger partial charge in [-0.3, -0.25) is 0 Å². The molecule has 68 valence electrons. The van der Waals surface area contributed by atoms with Crippen LogP contribution in [0.1, 0.15) is 19.0 Å². The molecule has 3 nitrogen and oxygen atoms in total. The maximum atomic E-state index is 6.00. The fourth-order valence-electron chi connectivity index (χ4n) is 1.17. The second-order valence-electron chi connectivity index (χ2n) is 2.72. The molecule has 0 amide bonds. The Morgan fingerprint density at radius 3 is 2.75 bits per heavy atom. The van der Waals surface area contributed by atoms with Gasteiger partial charge in [0.15, 0.2) is 0 Å². The fourth-order valence-corrected chi connectivity index (χ4v) is 1.40. The van der Waals surface area contributed by atoms with Crippen LogP contribution in [0, 0.1) is 6.92 Å². The van der Waals surface area contributed by atoms with E-state index < -0.39 is 0 Å². The zero-order chi connectivity index (χ0) is 9.14. The van der Waals surface area contributed by atoms with E-state index in [0.717, 1.165) is 29.5 Å². The van der Waals surface area contributed by atoms with Gasteiger partial charge in [0.1, 0.15) is 10.8 Å². The first-order chi connectivity index (χ1) is 5.70. The summed E-state index contributed by atoms with van der Waals surface area (Å²) in [6, 6.07) is 0. The van der Waals surface area contributed by atoms with E-state index in [4.69, 9.17) is 11.6 Å². The lowest BCUT2D eigenvalue weighted by Gasteiger charge is -2.04. The number of nitrogens with one attached hydrogen (secondary N) is 1. The standard InChI is InChI=1S/C8H14ClN3/c1-4-5-12-8(10-3)7(9)6(2)11-12/h10H,4-5H2,1-3H3. The summed E-state index contributed by atoms with van der Waals surface area (Å²) in [6.07, 6.45) is 1.06. The summed E-state index contributed by atoms with van der Waals surface area (Å²) in [4.78, 5) is 0. The van der Waals surface area contributed by atoms with E-state index in [1.54, 1.807) is 0 Å². The average molecular weight is 188 g/mol. The Morgan fingerprint density at radius 1 is 1.58 bits per heavy atom. The van der Waals surface area contributed by atoms with Gasteiger partial charge in [0.05, 0.1) is 5.69 Å². The third-order valence-electron chi connectivity index (χ3n) is 1.73. The lowest BCUT2D eigenvalue weighted by Crippen LogP contribution is -2.04. The molecule has 0 unspecified atom stereocenters. The molecular weight excluding hydrogens is 174 g/mol. The van der Waals surface area contributed by atoms with Gasteiger partial charge in [-0.1, -0.05) is 18.5 Å². The number of nitrogens with zero attached hydrogens (tertiary/aromatic N) is 2. The van der Waals surface area contributed by atoms with E-state index in [0.29, 0.717) is 0 Å². The van der Waals surface area contributed by atoms with Crippen LogP contribution in [0.3, 0.4) is 0 Å². The molecule has 1 heterocycles. The summed E-state index contributed by atoms with van der Waals surface area (Å²) >= 11 is 6.00. The van der Waals surface area contributed by atoms with Crippen molar-refractivity contribution in [2.24, 2.45) is 0 Å². The fraction of sp³-hybridized carbons (Fsp3) is 0.625. The molecule has 4 heteroatoms. The van der Waals surface area contributed by atoms with E-state index in [1.807, 2.05) is 18.7 Å². The summed E-state index contributed by atoms with van der Waals surface area (Å²) in [7, 11) is 1.86. The van der Waals surface area contributed by atoms with Crippen LogP contribution in [-0.2, 0) is 6.54 Å². The van der Waals surface area contributed by atoms with Gasteiger partial charge in [0.2, 0.25) is 0 Å². The van der Waals surface area contributed by atoms with Crippen molar-refractivity contribution in [3.05, 3.63) is 10.7 Å². The Hall–Kier alpha value is -0.700. The van der Waals surface area contributed by atoms with Gasteiger partial charge in [-0.25, -0.2) is 4.68 Å². The van der Waals surface area contributed by atoms with E-state index >= 15 is 0 Å². The summed E-state index contributed by atoms with van der Waals surface area (Å²) in [5.41, 5.74) is 0.884. The number of halogens is 1. The monoisotopic (exact) mass is 187 g/mol. The quantitative estimate of drug-likeness (QED) is 0.787. The highest BCUT2D eigenvalue weighted by molar-refractivity contribution is 6.33. The Balaban J connectivity index is 3.02. The first-order valence-corrected chi connectivity index (χ1v) is 4.49. The normalized spacial score (nSPS) is 10.3. The van der Waals surface area contributed by atoms with Crippen molar-refractivity contribution in [3.63, 3.8) is 0 Å². The van der Waals surface area contributed by atoms with E-state index in [2.05, 4.69) is 17.3 Å². The minimum absolute atomic E-state index is 0.728. The van der Waals surface area contributed by atoms with Gasteiger partial charge in [-0.2, -0.15) is 5.10 Å². The molecule has 1 N–H and O–H groups in total. The number of rotatable bonds is 3. The van der Waals surface area contributed by atoms with Crippen LogP contribution in [-0.4, -0.2) is 16.8 Å². The Bertz CT molecular complexity index is 268. The minimum atomic E-state index is 0.728. The molecule has 0 aliphatic carbocycles. The molecule has 1 aromatic rings. The first-order valence-electron chi connectivity index (χ1n) is 4.11. The highest BCUT2D eigenvalue weighted by atomic mass is 35.5. The first kappa shape index (κ1) is 9.39. The second-order valence-corrected chi connectivity index (χ2v) is 3.10. The van der Waals surface area contributed by atoms with Crippen molar-refractivity contribution in [2.45, 2.75) is 26.8 Å². The molecule has 0 saturated heterocycles. The third kappa shape index (κ3) is 1.55. The highest BCUT2D eigenvalue weighted by Crippen LogP contribution is 2.24. The average Bonchev–Trinajstić information content (AvgIpc) is 2.29. The van der Waals surface area contributed by atoms with Crippen molar-refractivity contribution in [3.8, 4) is 0 Å². The molecule has 0 aromatic carbocycles. The lowest BCUT2D eigenvalue weighted by atomic mass is 10.4. The van der Waals surface area contributed by atoms with Crippen molar-refractivity contribution in [1.29, 1.82) is 0 Å². The summed E-state index contributed by atoms with van der Waals surface area (Å²) in [5.74, 6) is 0.913. The molecule has 0 bridgehead atoms. The molecule has 12 heavy (non-hydrogen) atoms. The Kier molecular flexibility index (Phi) is 2.98. The van der Waals surface area contributed by atoms with Gasteiger partial charge in [0.25, 0.3) is 0 Å². The van der Waals surface area contributed by atoms with Crippen LogP contribution >= 0.6 is 11.6 Å². The van der Waals surface area contributed by atoms with E-state index in [1.165, 1.54) is 0 Å². The van der Waals surface area contributed by atoms with Crippen molar-refractivity contribution < 1.29 is 0 Å². The van der Waals surface area contributed by atoms with Gasteiger partial charge in [0, 0.05) is 13.6 Å². The maximum absolute atomic E-state index is 6.00. The predicted molar refractivity (Wildman–Crippen MR) is 51.8 cm³/mol. The lowest BCUT2D eigenvalue weighted by molar-refractivity contribution is 0.604. The van der Waals surface area contributed by atoms with Crippen LogP contribution in [0.4, 0.5) is 5.82 Å². The van der Waals surface area contributed by atoms with Gasteiger partial charge in [-0.05, 0) is 13.3 Å². The summed E-state index contributed by atoms with van der Waals surface area (Å²) < 4.78 is 1.90. The molecule has 0 aliphatic rings. The number of anilines is 1. The molecule has 1 aromatic heterocycles. The van der Waals surface area contributed by atoms with Gasteiger partial charge in [-0.15, -0.1) is 0 Å². The summed E-state index contributed by atoms with van der Waals surface area (Å²) in [6.45, 7) is 4.93. The van der Waals surface area contributed by atoms with E-state index in [-0.39, 0.29) is 0 Å². The number of hydrogen-bond acceptors (Lipinski definition) is 2. The molecule has 0 saturated carbocycles. The third-order valence-corrected chi connectivity index (χ3v) is 2.18. The van der Waals surface area contributed by atoms with Gasteiger partial charge < -0.3 is 5.32 Å². The number of aromatic nitrogens is 2. The molecule has 0 aliphatic heterocycles. The van der Waals surface area contributed by atoms with Crippen molar-refractivity contribution in [1.82, 2.24) is 9.78 Å². The van der Waals surface area contributed by atoms with Crippen LogP contribution in [0.25, 0.3) is 0 Å². The van der Waals surface area contributed by atoms with Crippen LogP contribution in [0.15, 0.2) is 0 Å². The largest absolute Gasteiger partial charge is 0.372 e. The van der Waals surface area contributed by atoms with Gasteiger partial charge >= 0.3 is 0 Å². The predicted octanol–water partition coefficient (Wildman–Crippen LogP) is 2.30. The summed E-state index contributed by atoms with van der Waals surface area (Å²) in [5, 5.41) is 8.06. The van der Waals surface area contributed by atoms with E-state index in [9.17, 15) is 0 Å². The molecule has 0 fully saturated rings. The van der Waals surface area contributed by atoms with Crippen LogP contribution in [0.5, 0.6) is 0 Å². The van der Waals surface area contributed by atoms with Crippen molar-refractivity contribution in [2.75, 3.05) is 12.4 Å². The Morgan fingerprint density at radius 2 is 2.25 bits per heavy atom. The zero-order valence-corrected chi connectivity index (χ0v) is 8.44. The smallest absolute Gasteiger partial charge is 0.143 e. The maximum Gasteiger partial charge on any atom is 0.143 e. The van der Waals surface area contributed by atoms with Crippen LogP contribution < -0.4 is 5.32 Å². The molecule has 0 radical (unpaired) electrons. The number of aryl methyl sites for hydroxylation is 2. The molecule has 1 rings (SSSR count). The topological polar surface area (TPSA) is 29.9 Å². The molecule has 0 spiro atoms.